The number of nitrogens with one attached hydrogen (secondary N) is 1. The summed E-state index contributed by atoms with van der Waals surface area (Å²) in [5, 5.41) is 3.96. The van der Waals surface area contributed by atoms with Gasteiger partial charge in [-0.3, -0.25) is 24.1 Å². The molecule has 4 aliphatic rings. The highest BCUT2D eigenvalue weighted by molar-refractivity contribution is 6.00. The Balaban J connectivity index is 1.18. The maximum absolute atomic E-state index is 15.5. The molecule has 0 aliphatic carbocycles. The maximum atomic E-state index is 15.5. The van der Waals surface area contributed by atoms with Crippen molar-refractivity contribution in [1.82, 2.24) is 29.8 Å². The molecule has 22 nitrogen and oxygen atoms in total. The van der Waals surface area contributed by atoms with Gasteiger partial charge in [-0.15, -0.1) is 0 Å². The molecule has 1 N–H and O–H groups in total. The molecule has 4 heterocycles. The van der Waals surface area contributed by atoms with Crippen molar-refractivity contribution in [3.05, 3.63) is 142 Å². The Hall–Kier alpha value is -7.76. The summed E-state index contributed by atoms with van der Waals surface area (Å²) in [4.78, 5) is 124. The smallest absolute Gasteiger partial charge is 0.410 e. The zero-order valence-corrected chi connectivity index (χ0v) is 74.6. The second-order valence-corrected chi connectivity index (χ2v) is 40.7. The third kappa shape index (κ3) is 30.2. The highest BCUT2D eigenvalue weighted by Crippen LogP contribution is 2.37. The van der Waals surface area contributed by atoms with E-state index in [4.69, 9.17) is 37.9 Å². The van der Waals surface area contributed by atoms with E-state index in [9.17, 15) is 24.0 Å². The fourth-order valence-corrected chi connectivity index (χ4v) is 15.5. The highest BCUT2D eigenvalue weighted by Gasteiger charge is 2.44. The largest absolute Gasteiger partial charge is 0.460 e. The molecule has 0 bridgehead atoms. The number of nitrogens with zero attached hydrogens (tertiary/aromatic N) is 5. The van der Waals surface area contributed by atoms with Crippen LogP contribution in [0.15, 0.2) is 97.1 Å². The van der Waals surface area contributed by atoms with Gasteiger partial charge in [0.1, 0.15) is 28.0 Å². The number of ketones is 3. The zero-order valence-electron chi connectivity index (χ0n) is 74.6. The molecule has 4 aromatic carbocycles. The summed E-state index contributed by atoms with van der Waals surface area (Å²) in [6.45, 7) is 50.5. The highest BCUT2D eigenvalue weighted by atomic mass is 16.6. The first kappa shape index (κ1) is 93.7. The molecule has 0 unspecified atom stereocenters. The van der Waals surface area contributed by atoms with Gasteiger partial charge in [0.2, 0.25) is 0 Å². The van der Waals surface area contributed by atoms with Crippen LogP contribution < -0.4 is 5.32 Å². The van der Waals surface area contributed by atoms with E-state index in [1.807, 2.05) is 251 Å². The number of Topliss-reactive ketones (excluding diaryl/α,β-unsaturated/α-hetero) is 3. The molecule has 0 radical (unpaired) electrons. The fraction of sp³-hybridized carbons (Fsp3) is 0.660. The molecule has 4 amide bonds. The molecule has 4 saturated heterocycles. The van der Waals surface area contributed by atoms with Crippen LogP contribution in [0.4, 0.5) is 19.2 Å². The summed E-state index contributed by atoms with van der Waals surface area (Å²) in [5.74, 6) is -3.71. The summed E-state index contributed by atoms with van der Waals surface area (Å²) in [5.41, 5.74) is 0.788. The van der Waals surface area contributed by atoms with Crippen molar-refractivity contribution < 1.29 is 76.3 Å². The topological polar surface area (TPSA) is 239 Å². The number of rotatable bonds is 30. The summed E-state index contributed by atoms with van der Waals surface area (Å²) in [7, 11) is 0. The first-order chi connectivity index (χ1) is 53.7. The molecule has 0 saturated carbocycles. The molecule has 4 aromatic rings. The molecule has 0 aromatic heterocycles. The predicted molar refractivity (Wildman–Crippen MR) is 451 cm³/mol. The van der Waals surface area contributed by atoms with E-state index in [1.54, 1.807) is 19.6 Å². The molecule has 642 valence electrons. The van der Waals surface area contributed by atoms with E-state index >= 15 is 14.4 Å². The first-order valence-corrected chi connectivity index (χ1v) is 42.2. The second kappa shape index (κ2) is 39.0. The van der Waals surface area contributed by atoms with Crippen LogP contribution in [0.2, 0.25) is 0 Å². The Kier molecular flexibility index (Phi) is 31.5. The SMILES string of the molecule is CC(C)(C)OC[C@@H](C(=O)c1cccc(CN(CC[C@H](NCc2cccc(C[C@H](C(=O)OC(C)(C)C)[C@H]3CCN(C(=O)OC(C)(C)C)C3)c2)c2cccc(C(=O)[C@H](COC(C)(C)C)[C@H]3CCN(C(=O)OC(C)(C)C)C3)c2)Cc2cccc(C(=O)[C@H](COC(C)(C)C)[C@H]3CCN(C(=O)OC(C)(C)C)C3)c2)c1)[C@H]1CCN(C(=O)OC(C)(C)C)C1. The van der Waals surface area contributed by atoms with Crippen molar-refractivity contribution in [2.24, 2.45) is 47.3 Å². The van der Waals surface area contributed by atoms with Crippen LogP contribution in [0.1, 0.15) is 263 Å². The number of ether oxygens (including phenoxy) is 8. The Morgan fingerprint density at radius 3 is 1.03 bits per heavy atom. The quantitative estimate of drug-likeness (QED) is 0.0290. The van der Waals surface area contributed by atoms with E-state index in [-0.39, 0.29) is 66.8 Å². The van der Waals surface area contributed by atoms with Crippen LogP contribution in [0.25, 0.3) is 0 Å². The van der Waals surface area contributed by atoms with Gasteiger partial charge in [-0.2, -0.15) is 0 Å². The molecule has 0 spiro atoms. The molecule has 4 fully saturated rings. The zero-order chi connectivity index (χ0) is 85.8. The lowest BCUT2D eigenvalue weighted by molar-refractivity contribution is -0.162. The van der Waals surface area contributed by atoms with Crippen LogP contribution >= 0.6 is 0 Å². The lowest BCUT2D eigenvalue weighted by atomic mass is 9.84. The monoisotopic (exact) mass is 1610 g/mol. The molecule has 116 heavy (non-hydrogen) atoms. The van der Waals surface area contributed by atoms with Gasteiger partial charge in [-0.05, 0) is 274 Å². The average Bonchev–Trinajstić information content (AvgIpc) is 1.84. The summed E-state index contributed by atoms with van der Waals surface area (Å²) in [6, 6.07) is 31.1. The van der Waals surface area contributed by atoms with Crippen LogP contribution in [0, 0.1) is 47.3 Å². The minimum Gasteiger partial charge on any atom is -0.460 e. The summed E-state index contributed by atoms with van der Waals surface area (Å²) < 4.78 is 48.7. The predicted octanol–water partition coefficient (Wildman–Crippen LogP) is 18.0. The number of carbonyl (C=O) groups is 8. The van der Waals surface area contributed by atoms with E-state index in [2.05, 4.69) is 22.3 Å². The lowest BCUT2D eigenvalue weighted by Gasteiger charge is -2.29. The van der Waals surface area contributed by atoms with Crippen LogP contribution in [0.5, 0.6) is 0 Å². The normalized spacial score (nSPS) is 19.4. The van der Waals surface area contributed by atoms with Gasteiger partial charge in [0.15, 0.2) is 17.3 Å². The van der Waals surface area contributed by atoms with Gasteiger partial charge in [-0.1, -0.05) is 78.9 Å². The van der Waals surface area contributed by atoms with Gasteiger partial charge in [0, 0.05) is 101 Å². The van der Waals surface area contributed by atoms with Crippen molar-refractivity contribution in [3.8, 4) is 0 Å². The summed E-state index contributed by atoms with van der Waals surface area (Å²) in [6.07, 6.45) is 1.57. The van der Waals surface area contributed by atoms with E-state index in [0.717, 1.165) is 27.8 Å². The average molecular weight is 1610 g/mol. The third-order valence-corrected chi connectivity index (χ3v) is 21.1. The summed E-state index contributed by atoms with van der Waals surface area (Å²) >= 11 is 0. The molecular formula is C94H140N6O16. The number of benzene rings is 4. The Morgan fingerprint density at radius 2 is 0.681 bits per heavy atom. The van der Waals surface area contributed by atoms with Gasteiger partial charge in [-0.25, -0.2) is 19.2 Å². The second-order valence-electron chi connectivity index (χ2n) is 40.7. The molecule has 9 atom stereocenters. The van der Waals surface area contributed by atoms with Crippen molar-refractivity contribution in [2.75, 3.05) is 78.7 Å². The third-order valence-electron chi connectivity index (χ3n) is 21.1. The number of amides is 4. The number of hydrogen-bond donors (Lipinski definition) is 1. The van der Waals surface area contributed by atoms with Crippen LogP contribution in [0.3, 0.4) is 0 Å². The lowest BCUT2D eigenvalue weighted by Crippen LogP contribution is -2.38. The van der Waals surface area contributed by atoms with E-state index in [1.165, 1.54) is 0 Å². The number of esters is 1. The molecule has 8 rings (SSSR count). The minimum absolute atomic E-state index is 0.0848. The standard InChI is InChI=1S/C94H140N6O16/c1-87(2,3)109-59-75(71-38-44-98(56-71)84(106)114-92(16,17)18)79(101)67-34-26-31-64(48-67)53-96(54-65-32-27-35-68(49-65)80(102)76(60-110-88(4,5)6)72-39-45-99(57-72)85(107)115-93(19,20)21)42-41-78(66-33-28-36-69(51-66)81(103)77(61-111-89(7,8)9)73-40-46-100(58-73)86(108)116-94(22,23)24)95-52-63-30-25-29-62(47-63)50-74(82(104)112-90(10,11)12)70-37-43-97(55-70)83(105)113-91(13,14)15/h25-36,47-49,51,70-78,95H,37-46,50,52-61H2,1-24H3/t70-,71-,72-,73-,74-,75+,76+,77+,78-/m0/s1. The van der Waals surface area contributed by atoms with Crippen molar-refractivity contribution in [2.45, 2.75) is 275 Å². The first-order valence-electron chi connectivity index (χ1n) is 42.2. The molecular weight excluding hydrogens is 1470 g/mol. The van der Waals surface area contributed by atoms with Crippen molar-refractivity contribution in [3.63, 3.8) is 0 Å². The van der Waals surface area contributed by atoms with Crippen molar-refractivity contribution in [1.29, 1.82) is 0 Å². The maximum Gasteiger partial charge on any atom is 0.410 e. The van der Waals surface area contributed by atoms with Gasteiger partial charge < -0.3 is 62.8 Å². The Morgan fingerprint density at radius 1 is 0.371 bits per heavy atom. The molecule has 22 heteroatoms. The number of hydrogen-bond acceptors (Lipinski definition) is 18. The Bertz CT molecular complexity index is 3880. The van der Waals surface area contributed by atoms with Crippen LogP contribution in [-0.2, 0) is 68.7 Å². The van der Waals surface area contributed by atoms with Gasteiger partial charge >= 0.3 is 30.3 Å². The number of likely N-dealkylation sites (tertiary alicyclic amines) is 4. The van der Waals surface area contributed by atoms with Crippen molar-refractivity contribution >= 4 is 47.7 Å². The van der Waals surface area contributed by atoms with E-state index < -0.39 is 98.9 Å². The van der Waals surface area contributed by atoms with Crippen LogP contribution in [-0.4, -0.2) is 196 Å². The fourth-order valence-electron chi connectivity index (χ4n) is 15.5. The van der Waals surface area contributed by atoms with Gasteiger partial charge in [0.25, 0.3) is 0 Å². The number of carbonyl (C=O) groups excluding carboxylic acids is 8. The minimum atomic E-state index is -0.754. The van der Waals surface area contributed by atoms with Gasteiger partial charge in [0.05, 0.1) is 60.3 Å². The Labute approximate surface area is 693 Å². The molecule has 4 aliphatic heterocycles. The van der Waals surface area contributed by atoms with E-state index in [0.29, 0.717) is 134 Å².